The van der Waals surface area contributed by atoms with E-state index < -0.39 is 0 Å². The van der Waals surface area contributed by atoms with E-state index in [0.717, 1.165) is 48.5 Å². The van der Waals surface area contributed by atoms with Crippen LogP contribution < -0.4 is 14.8 Å². The molecule has 2 aromatic rings. The normalized spacial score (nSPS) is 12.2. The van der Waals surface area contributed by atoms with Crippen LogP contribution in [0, 0.1) is 0 Å². The van der Waals surface area contributed by atoms with E-state index in [-0.39, 0.29) is 17.1 Å². The molecule has 0 aliphatic heterocycles. The molecule has 1 aromatic carbocycles. The molecule has 0 radical (unpaired) electrons. The fourth-order valence-corrected chi connectivity index (χ4v) is 3.53. The first kappa shape index (κ1) is 26.0. The van der Waals surface area contributed by atoms with Crippen LogP contribution in [0.5, 0.6) is 11.5 Å². The lowest BCUT2D eigenvalue weighted by atomic mass is 10.0. The SMILES string of the molecule is CCC(C)(C)Oc1ccc(CCCCNC(=O)/C=C/c2cccs2)c(OC(C)(C)CC)c1. The highest BCUT2D eigenvalue weighted by molar-refractivity contribution is 7.10. The molecular weight excluding hydrogens is 418 g/mol. The first-order valence-corrected chi connectivity index (χ1v) is 12.5. The summed E-state index contributed by atoms with van der Waals surface area (Å²) < 4.78 is 12.6. The van der Waals surface area contributed by atoms with Gasteiger partial charge >= 0.3 is 0 Å². The maximum absolute atomic E-state index is 12.0. The molecule has 0 saturated heterocycles. The van der Waals surface area contributed by atoms with Crippen molar-refractivity contribution in [3.63, 3.8) is 0 Å². The summed E-state index contributed by atoms with van der Waals surface area (Å²) in [5.74, 6) is 1.68. The lowest BCUT2D eigenvalue weighted by Crippen LogP contribution is -2.28. The largest absolute Gasteiger partial charge is 0.488 e. The number of hydrogen-bond donors (Lipinski definition) is 1. The van der Waals surface area contributed by atoms with E-state index in [1.54, 1.807) is 17.4 Å². The van der Waals surface area contributed by atoms with Crippen LogP contribution in [-0.4, -0.2) is 23.7 Å². The molecule has 1 N–H and O–H groups in total. The zero-order chi connectivity index (χ0) is 23.6. The number of nitrogens with one attached hydrogen (secondary N) is 1. The molecule has 1 aromatic heterocycles. The maximum Gasteiger partial charge on any atom is 0.244 e. The van der Waals surface area contributed by atoms with Crippen molar-refractivity contribution in [2.75, 3.05) is 6.54 Å². The second-order valence-electron chi connectivity index (χ2n) is 9.30. The van der Waals surface area contributed by atoms with E-state index >= 15 is 0 Å². The van der Waals surface area contributed by atoms with E-state index in [9.17, 15) is 4.79 Å². The summed E-state index contributed by atoms with van der Waals surface area (Å²) in [5.41, 5.74) is 0.725. The van der Waals surface area contributed by atoms with Crippen LogP contribution in [0.3, 0.4) is 0 Å². The average Bonchev–Trinajstić information content (AvgIpc) is 3.26. The molecule has 0 bridgehead atoms. The smallest absolute Gasteiger partial charge is 0.244 e. The Morgan fingerprint density at radius 1 is 1.03 bits per heavy atom. The van der Waals surface area contributed by atoms with Crippen LogP contribution in [0.1, 0.15) is 77.7 Å². The molecule has 0 spiro atoms. The third-order valence-corrected chi connectivity index (χ3v) is 6.47. The number of thiophene rings is 1. The van der Waals surface area contributed by atoms with Gasteiger partial charge in [-0.05, 0) is 89.0 Å². The van der Waals surface area contributed by atoms with Crippen molar-refractivity contribution in [3.05, 3.63) is 52.2 Å². The van der Waals surface area contributed by atoms with E-state index in [1.807, 2.05) is 35.7 Å². The van der Waals surface area contributed by atoms with Gasteiger partial charge in [-0.1, -0.05) is 26.0 Å². The fraction of sp³-hybridized carbons (Fsp3) is 0.519. The van der Waals surface area contributed by atoms with Gasteiger partial charge < -0.3 is 14.8 Å². The summed E-state index contributed by atoms with van der Waals surface area (Å²) in [4.78, 5) is 13.0. The maximum atomic E-state index is 12.0. The first-order chi connectivity index (χ1) is 15.1. The summed E-state index contributed by atoms with van der Waals surface area (Å²) in [6.45, 7) is 13.3. The van der Waals surface area contributed by atoms with Gasteiger partial charge in [-0.25, -0.2) is 0 Å². The van der Waals surface area contributed by atoms with Crippen LogP contribution in [0.4, 0.5) is 0 Å². The number of aryl methyl sites for hydroxylation is 1. The van der Waals surface area contributed by atoms with Gasteiger partial charge in [0.25, 0.3) is 0 Å². The highest BCUT2D eigenvalue weighted by Crippen LogP contribution is 2.32. The van der Waals surface area contributed by atoms with Crippen LogP contribution in [0.2, 0.25) is 0 Å². The number of benzene rings is 1. The van der Waals surface area contributed by atoms with Crippen molar-refractivity contribution in [3.8, 4) is 11.5 Å². The zero-order valence-corrected chi connectivity index (χ0v) is 21.3. The lowest BCUT2D eigenvalue weighted by molar-refractivity contribution is -0.116. The van der Waals surface area contributed by atoms with Gasteiger partial charge in [-0.3, -0.25) is 4.79 Å². The van der Waals surface area contributed by atoms with Crippen LogP contribution in [0.15, 0.2) is 41.8 Å². The minimum atomic E-state index is -0.240. The molecular formula is C27H39NO3S. The summed E-state index contributed by atoms with van der Waals surface area (Å²) in [7, 11) is 0. The number of rotatable bonds is 13. The van der Waals surface area contributed by atoms with Crippen molar-refractivity contribution in [2.24, 2.45) is 0 Å². The molecule has 2 rings (SSSR count). The number of carbonyl (C=O) groups is 1. The van der Waals surface area contributed by atoms with Crippen molar-refractivity contribution >= 4 is 23.3 Å². The third-order valence-electron chi connectivity index (χ3n) is 5.64. The first-order valence-electron chi connectivity index (χ1n) is 11.6. The van der Waals surface area contributed by atoms with E-state index in [4.69, 9.17) is 9.47 Å². The van der Waals surface area contributed by atoms with Crippen molar-refractivity contribution in [1.29, 1.82) is 0 Å². The zero-order valence-electron chi connectivity index (χ0n) is 20.5. The molecule has 0 aliphatic rings. The monoisotopic (exact) mass is 457 g/mol. The molecule has 0 atom stereocenters. The number of amides is 1. The highest BCUT2D eigenvalue weighted by Gasteiger charge is 2.21. The van der Waals surface area contributed by atoms with Crippen LogP contribution >= 0.6 is 11.3 Å². The quantitative estimate of drug-likeness (QED) is 0.259. The van der Waals surface area contributed by atoms with Gasteiger partial charge in [0.2, 0.25) is 5.91 Å². The lowest BCUT2D eigenvalue weighted by Gasteiger charge is -2.29. The second kappa shape index (κ2) is 12.1. The van der Waals surface area contributed by atoms with E-state index in [2.05, 4.69) is 52.9 Å². The van der Waals surface area contributed by atoms with E-state index in [0.29, 0.717) is 6.54 Å². The average molecular weight is 458 g/mol. The Bertz CT molecular complexity index is 869. The fourth-order valence-electron chi connectivity index (χ4n) is 2.92. The molecule has 0 saturated carbocycles. The van der Waals surface area contributed by atoms with Gasteiger partial charge in [0.05, 0.1) is 0 Å². The van der Waals surface area contributed by atoms with Crippen LogP contribution in [0.25, 0.3) is 6.08 Å². The topological polar surface area (TPSA) is 47.6 Å². The highest BCUT2D eigenvalue weighted by atomic mass is 32.1. The molecule has 32 heavy (non-hydrogen) atoms. The molecule has 5 heteroatoms. The van der Waals surface area contributed by atoms with Gasteiger partial charge in [0.15, 0.2) is 0 Å². The van der Waals surface area contributed by atoms with Crippen LogP contribution in [-0.2, 0) is 11.2 Å². The van der Waals surface area contributed by atoms with Gasteiger partial charge in [-0.2, -0.15) is 0 Å². The summed E-state index contributed by atoms with van der Waals surface area (Å²) in [5, 5.41) is 4.96. The molecule has 4 nitrogen and oxygen atoms in total. The number of unbranched alkanes of at least 4 members (excludes halogenated alkanes) is 1. The van der Waals surface area contributed by atoms with Crippen molar-refractivity contribution in [1.82, 2.24) is 5.32 Å². The third kappa shape index (κ3) is 9.07. The Kier molecular flexibility index (Phi) is 9.83. The summed E-state index contributed by atoms with van der Waals surface area (Å²) in [6.07, 6.45) is 8.08. The Hall–Kier alpha value is -2.27. The number of carbonyl (C=O) groups excluding carboxylic acids is 1. The van der Waals surface area contributed by atoms with Gasteiger partial charge in [-0.15, -0.1) is 11.3 Å². The number of ether oxygens (including phenoxy) is 2. The second-order valence-corrected chi connectivity index (χ2v) is 10.3. The predicted molar refractivity (Wildman–Crippen MR) is 136 cm³/mol. The van der Waals surface area contributed by atoms with Crippen molar-refractivity contribution in [2.45, 2.75) is 84.8 Å². The Morgan fingerprint density at radius 2 is 1.75 bits per heavy atom. The molecule has 0 aliphatic carbocycles. The Labute approximate surface area is 198 Å². The summed E-state index contributed by atoms with van der Waals surface area (Å²) >= 11 is 1.62. The Balaban J connectivity index is 1.91. The Morgan fingerprint density at radius 3 is 2.41 bits per heavy atom. The van der Waals surface area contributed by atoms with Gasteiger partial charge in [0.1, 0.15) is 22.7 Å². The molecule has 0 unspecified atom stereocenters. The predicted octanol–water partition coefficient (Wildman–Crippen LogP) is 7.04. The van der Waals surface area contributed by atoms with Gasteiger partial charge in [0, 0.05) is 23.6 Å². The minimum Gasteiger partial charge on any atom is -0.488 e. The molecule has 1 heterocycles. The minimum absolute atomic E-state index is 0.0489. The molecule has 0 fully saturated rings. The summed E-state index contributed by atoms with van der Waals surface area (Å²) in [6, 6.07) is 10.2. The molecule has 1 amide bonds. The van der Waals surface area contributed by atoms with Crippen molar-refractivity contribution < 1.29 is 14.3 Å². The standard InChI is InChI=1S/C27H39NO3S/c1-7-26(3,4)30-22-15-14-21(24(20-22)31-27(5,6)8-2)12-9-10-18-28-25(29)17-16-23-13-11-19-32-23/h11,13-17,19-20H,7-10,12,18H2,1-6H3,(H,28,29)/b17-16+. The van der Waals surface area contributed by atoms with E-state index in [1.165, 1.54) is 5.56 Å². The number of hydrogen-bond acceptors (Lipinski definition) is 4. The molecule has 176 valence electrons.